The SMILES string of the molecule is COc1ccc(C(=O)N2CCC(C(=O)Nc3ccc(C(C)=O)cc3)CC2)cc1. The number of rotatable bonds is 5. The van der Waals surface area contributed by atoms with Crippen LogP contribution in [0.4, 0.5) is 5.69 Å². The van der Waals surface area contributed by atoms with Gasteiger partial charge in [-0.1, -0.05) is 0 Å². The van der Waals surface area contributed by atoms with Crippen LogP contribution in [0.3, 0.4) is 0 Å². The molecule has 1 aliphatic rings. The average Bonchev–Trinajstić information content (AvgIpc) is 2.73. The number of piperidine rings is 1. The minimum Gasteiger partial charge on any atom is -0.497 e. The van der Waals surface area contributed by atoms with E-state index < -0.39 is 0 Å². The second-order valence-corrected chi connectivity index (χ2v) is 6.92. The first-order valence-corrected chi connectivity index (χ1v) is 9.33. The number of hydrogen-bond donors (Lipinski definition) is 1. The van der Waals surface area contributed by atoms with E-state index in [0.29, 0.717) is 48.5 Å². The van der Waals surface area contributed by atoms with Crippen molar-refractivity contribution in [3.63, 3.8) is 0 Å². The molecule has 2 aromatic rings. The number of hydrogen-bond acceptors (Lipinski definition) is 4. The van der Waals surface area contributed by atoms with Gasteiger partial charge < -0.3 is 15.0 Å². The normalized spacial score (nSPS) is 14.4. The maximum absolute atomic E-state index is 12.6. The highest BCUT2D eigenvalue weighted by Gasteiger charge is 2.28. The third kappa shape index (κ3) is 4.57. The Labute approximate surface area is 164 Å². The molecule has 0 aromatic heterocycles. The number of ether oxygens (including phenoxy) is 1. The number of anilines is 1. The van der Waals surface area contributed by atoms with Crippen molar-refractivity contribution in [1.82, 2.24) is 4.90 Å². The molecular weight excluding hydrogens is 356 g/mol. The lowest BCUT2D eigenvalue weighted by Gasteiger charge is -2.31. The Kier molecular flexibility index (Phi) is 6.09. The zero-order valence-electron chi connectivity index (χ0n) is 16.1. The molecule has 1 heterocycles. The van der Waals surface area contributed by atoms with E-state index in [2.05, 4.69) is 5.32 Å². The van der Waals surface area contributed by atoms with Crippen LogP contribution in [0.2, 0.25) is 0 Å². The first kappa shape index (κ1) is 19.6. The third-order valence-electron chi connectivity index (χ3n) is 5.05. The highest BCUT2D eigenvalue weighted by Crippen LogP contribution is 2.22. The number of benzene rings is 2. The van der Waals surface area contributed by atoms with E-state index in [0.717, 1.165) is 0 Å². The Morgan fingerprint density at radius 1 is 0.929 bits per heavy atom. The lowest BCUT2D eigenvalue weighted by molar-refractivity contribution is -0.121. The molecule has 1 saturated heterocycles. The lowest BCUT2D eigenvalue weighted by Crippen LogP contribution is -2.41. The molecule has 0 spiro atoms. The van der Waals surface area contributed by atoms with Crippen LogP contribution in [0.25, 0.3) is 0 Å². The van der Waals surface area contributed by atoms with Gasteiger partial charge in [-0.3, -0.25) is 14.4 Å². The van der Waals surface area contributed by atoms with Crippen molar-refractivity contribution in [2.75, 3.05) is 25.5 Å². The number of nitrogens with zero attached hydrogens (tertiary/aromatic N) is 1. The van der Waals surface area contributed by atoms with Gasteiger partial charge in [0.1, 0.15) is 5.75 Å². The fourth-order valence-corrected chi connectivity index (χ4v) is 3.29. The van der Waals surface area contributed by atoms with Crippen LogP contribution in [0.5, 0.6) is 5.75 Å². The first-order chi connectivity index (χ1) is 13.5. The van der Waals surface area contributed by atoms with Crippen LogP contribution in [0.1, 0.15) is 40.5 Å². The number of Topliss-reactive ketones (excluding diaryl/α,β-unsaturated/α-hetero) is 1. The van der Waals surface area contributed by atoms with Crippen molar-refractivity contribution in [1.29, 1.82) is 0 Å². The molecule has 1 N–H and O–H groups in total. The van der Waals surface area contributed by atoms with Crippen molar-refractivity contribution in [3.8, 4) is 5.75 Å². The summed E-state index contributed by atoms with van der Waals surface area (Å²) in [5, 5.41) is 2.90. The molecule has 146 valence electrons. The van der Waals surface area contributed by atoms with Crippen molar-refractivity contribution in [3.05, 3.63) is 59.7 Å². The summed E-state index contributed by atoms with van der Waals surface area (Å²) in [6.07, 6.45) is 1.25. The summed E-state index contributed by atoms with van der Waals surface area (Å²) in [5.41, 5.74) is 1.91. The van der Waals surface area contributed by atoms with E-state index in [9.17, 15) is 14.4 Å². The molecule has 1 fully saturated rings. The van der Waals surface area contributed by atoms with Gasteiger partial charge in [-0.25, -0.2) is 0 Å². The molecule has 28 heavy (non-hydrogen) atoms. The predicted octanol–water partition coefficient (Wildman–Crippen LogP) is 3.39. The number of amides is 2. The van der Waals surface area contributed by atoms with Crippen LogP contribution in [-0.4, -0.2) is 42.7 Å². The molecule has 0 unspecified atom stereocenters. The number of nitrogens with one attached hydrogen (secondary N) is 1. The second kappa shape index (κ2) is 8.69. The van der Waals surface area contributed by atoms with E-state index in [4.69, 9.17) is 4.74 Å². The predicted molar refractivity (Wildman–Crippen MR) is 107 cm³/mol. The van der Waals surface area contributed by atoms with E-state index in [-0.39, 0.29) is 23.5 Å². The number of methoxy groups -OCH3 is 1. The highest BCUT2D eigenvalue weighted by atomic mass is 16.5. The molecular formula is C22H24N2O4. The van der Waals surface area contributed by atoms with Crippen molar-refractivity contribution >= 4 is 23.3 Å². The quantitative estimate of drug-likeness (QED) is 0.807. The molecule has 0 radical (unpaired) electrons. The summed E-state index contributed by atoms with van der Waals surface area (Å²) in [7, 11) is 1.59. The third-order valence-corrected chi connectivity index (χ3v) is 5.05. The Hall–Kier alpha value is -3.15. The molecule has 0 atom stereocenters. The van der Waals surface area contributed by atoms with Crippen LogP contribution >= 0.6 is 0 Å². The van der Waals surface area contributed by atoms with E-state index in [1.165, 1.54) is 6.92 Å². The molecule has 2 amide bonds. The lowest BCUT2D eigenvalue weighted by atomic mass is 9.95. The monoisotopic (exact) mass is 380 g/mol. The molecule has 6 heteroatoms. The van der Waals surface area contributed by atoms with Gasteiger partial charge in [-0.2, -0.15) is 0 Å². The number of ketones is 1. The van der Waals surface area contributed by atoms with Crippen molar-refractivity contribution in [2.24, 2.45) is 5.92 Å². The van der Waals surface area contributed by atoms with Gasteiger partial charge in [0.25, 0.3) is 5.91 Å². The van der Waals surface area contributed by atoms with Crippen LogP contribution < -0.4 is 10.1 Å². The van der Waals surface area contributed by atoms with Gasteiger partial charge in [-0.05, 0) is 68.3 Å². The van der Waals surface area contributed by atoms with Crippen LogP contribution in [0, 0.1) is 5.92 Å². The standard InChI is InChI=1S/C22H24N2O4/c1-15(25)16-3-7-19(8-4-16)23-21(26)17-11-13-24(14-12-17)22(27)18-5-9-20(28-2)10-6-18/h3-10,17H,11-14H2,1-2H3,(H,23,26). The smallest absolute Gasteiger partial charge is 0.253 e. The van der Waals surface area contributed by atoms with Gasteiger partial charge in [0.15, 0.2) is 5.78 Å². The van der Waals surface area contributed by atoms with Gasteiger partial charge in [0.2, 0.25) is 5.91 Å². The first-order valence-electron chi connectivity index (χ1n) is 9.33. The maximum Gasteiger partial charge on any atom is 0.253 e. The summed E-state index contributed by atoms with van der Waals surface area (Å²) in [6.45, 7) is 2.60. The summed E-state index contributed by atoms with van der Waals surface area (Å²) in [4.78, 5) is 38.2. The molecule has 0 bridgehead atoms. The second-order valence-electron chi connectivity index (χ2n) is 6.92. The Bertz CT molecular complexity index is 851. The summed E-state index contributed by atoms with van der Waals surface area (Å²) in [5.74, 6) is 0.496. The minimum absolute atomic E-state index is 0.00762. The molecule has 6 nitrogen and oxygen atoms in total. The van der Waals surface area contributed by atoms with Gasteiger partial charge in [0, 0.05) is 35.8 Å². The Morgan fingerprint density at radius 3 is 2.04 bits per heavy atom. The van der Waals surface area contributed by atoms with E-state index in [1.54, 1.807) is 60.5 Å². The minimum atomic E-state index is -0.132. The maximum atomic E-state index is 12.6. The summed E-state index contributed by atoms with van der Waals surface area (Å²) < 4.78 is 5.12. The molecule has 0 saturated carbocycles. The molecule has 0 aliphatic carbocycles. The number of likely N-dealkylation sites (tertiary alicyclic amines) is 1. The Morgan fingerprint density at radius 2 is 1.50 bits per heavy atom. The van der Waals surface area contributed by atoms with Crippen molar-refractivity contribution in [2.45, 2.75) is 19.8 Å². The van der Waals surface area contributed by atoms with Crippen LogP contribution in [-0.2, 0) is 4.79 Å². The fourth-order valence-electron chi connectivity index (χ4n) is 3.29. The molecule has 2 aromatic carbocycles. The zero-order chi connectivity index (χ0) is 20.1. The van der Waals surface area contributed by atoms with Gasteiger partial charge in [0.05, 0.1) is 7.11 Å². The topological polar surface area (TPSA) is 75.7 Å². The van der Waals surface area contributed by atoms with Gasteiger partial charge in [-0.15, -0.1) is 0 Å². The van der Waals surface area contributed by atoms with E-state index >= 15 is 0 Å². The summed E-state index contributed by atoms with van der Waals surface area (Å²) in [6, 6.07) is 13.9. The van der Waals surface area contributed by atoms with E-state index in [1.807, 2.05) is 0 Å². The Balaban J connectivity index is 1.53. The molecule has 3 rings (SSSR count). The number of carbonyl (C=O) groups is 3. The zero-order valence-corrected chi connectivity index (χ0v) is 16.1. The van der Waals surface area contributed by atoms with Gasteiger partial charge >= 0.3 is 0 Å². The van der Waals surface area contributed by atoms with Crippen molar-refractivity contribution < 1.29 is 19.1 Å². The summed E-state index contributed by atoms with van der Waals surface area (Å²) >= 11 is 0. The number of carbonyl (C=O) groups excluding carboxylic acids is 3. The van der Waals surface area contributed by atoms with Crippen LogP contribution in [0.15, 0.2) is 48.5 Å². The average molecular weight is 380 g/mol. The molecule has 1 aliphatic heterocycles. The fraction of sp³-hybridized carbons (Fsp3) is 0.318. The highest BCUT2D eigenvalue weighted by molar-refractivity contribution is 5.97. The largest absolute Gasteiger partial charge is 0.497 e.